The summed E-state index contributed by atoms with van der Waals surface area (Å²) < 4.78 is 47.3. The Hall–Kier alpha value is -2.12. The van der Waals surface area contributed by atoms with Gasteiger partial charge in [0.2, 0.25) is 5.91 Å². The molecule has 0 aliphatic heterocycles. The number of carboxylic acid groups (broad SMARTS) is 1. The molecule has 3 aromatic rings. The number of anilines is 1. The molecule has 2 heterocycles. The predicted octanol–water partition coefficient (Wildman–Crippen LogP) is -0.174. The standard InChI is InChI=1S/C20H18F3N3O5.K/c1-2-26-9-13(19(29)30)15(10-26)24-16(28)8-7-14-17(20(21,22)23)18(31-25-14)11-3-5-12(27)6-4-11;/h3-6,9-10,27H,2,7-8H2,1H3,(H,24,28)(H,29,30);/q;+1/p-1. The fourth-order valence-corrected chi connectivity index (χ4v) is 2.99. The molecule has 0 aliphatic carbocycles. The maximum atomic E-state index is 13.6. The third kappa shape index (κ3) is 6.01. The minimum absolute atomic E-state index is 0. The molecule has 0 spiro atoms. The van der Waals surface area contributed by atoms with Crippen LogP contribution in [0.4, 0.5) is 18.9 Å². The Balaban J connectivity index is 0.00000363. The molecule has 0 bridgehead atoms. The minimum atomic E-state index is -4.79. The average Bonchev–Trinajstić information content (AvgIpc) is 3.31. The van der Waals surface area contributed by atoms with Crippen LogP contribution in [0.25, 0.3) is 11.3 Å². The molecule has 0 aliphatic rings. The molecule has 164 valence electrons. The minimum Gasteiger partial charge on any atom is -0.545 e. The van der Waals surface area contributed by atoms with E-state index in [9.17, 15) is 33.0 Å². The Morgan fingerprint density at radius 3 is 2.44 bits per heavy atom. The van der Waals surface area contributed by atoms with Gasteiger partial charge in [-0.3, -0.25) is 4.79 Å². The molecular weight excluding hydrogens is 458 g/mol. The first-order valence-corrected chi connectivity index (χ1v) is 9.16. The molecule has 1 aromatic carbocycles. The van der Waals surface area contributed by atoms with Crippen LogP contribution in [0.15, 0.2) is 41.2 Å². The molecule has 12 heteroatoms. The number of carbonyl (C=O) groups excluding carboxylic acids is 2. The van der Waals surface area contributed by atoms with Crippen molar-refractivity contribution >= 4 is 17.6 Å². The van der Waals surface area contributed by atoms with Gasteiger partial charge in [0, 0.05) is 42.9 Å². The summed E-state index contributed by atoms with van der Waals surface area (Å²) in [4.78, 5) is 23.4. The summed E-state index contributed by atoms with van der Waals surface area (Å²) in [5.41, 5.74) is -1.75. The molecule has 0 saturated heterocycles. The summed E-state index contributed by atoms with van der Waals surface area (Å²) in [6.07, 6.45) is -2.90. The zero-order valence-electron chi connectivity index (χ0n) is 17.2. The van der Waals surface area contributed by atoms with Gasteiger partial charge in [-0.2, -0.15) is 13.2 Å². The third-order valence-electron chi connectivity index (χ3n) is 4.50. The first-order chi connectivity index (χ1) is 14.6. The number of nitrogens with one attached hydrogen (secondary N) is 1. The van der Waals surface area contributed by atoms with Gasteiger partial charge >= 0.3 is 57.6 Å². The average molecular weight is 475 g/mol. The number of halogens is 3. The molecule has 2 N–H and O–H groups in total. The summed E-state index contributed by atoms with van der Waals surface area (Å²) >= 11 is 0. The Bertz CT molecular complexity index is 1110. The van der Waals surface area contributed by atoms with Crippen molar-refractivity contribution in [3.8, 4) is 17.1 Å². The maximum Gasteiger partial charge on any atom is 1.00 e. The van der Waals surface area contributed by atoms with Crippen LogP contribution in [0.2, 0.25) is 0 Å². The van der Waals surface area contributed by atoms with Gasteiger partial charge in [-0.25, -0.2) is 0 Å². The molecule has 0 unspecified atom stereocenters. The number of carboxylic acids is 1. The van der Waals surface area contributed by atoms with Gasteiger partial charge in [0.15, 0.2) is 5.76 Å². The van der Waals surface area contributed by atoms with Gasteiger partial charge in [-0.1, -0.05) is 5.16 Å². The second kappa shape index (κ2) is 10.7. The number of aryl methyl sites for hydroxylation is 2. The number of carbonyl (C=O) groups is 2. The van der Waals surface area contributed by atoms with E-state index in [1.54, 1.807) is 6.92 Å². The second-order valence-electron chi connectivity index (χ2n) is 6.63. The van der Waals surface area contributed by atoms with Crippen molar-refractivity contribution in [1.29, 1.82) is 0 Å². The predicted molar refractivity (Wildman–Crippen MR) is 100.0 cm³/mol. The van der Waals surface area contributed by atoms with E-state index in [1.165, 1.54) is 41.2 Å². The number of phenols is 1. The molecule has 32 heavy (non-hydrogen) atoms. The van der Waals surface area contributed by atoms with Crippen molar-refractivity contribution in [2.24, 2.45) is 0 Å². The monoisotopic (exact) mass is 475 g/mol. The quantitative estimate of drug-likeness (QED) is 0.458. The Morgan fingerprint density at radius 2 is 1.88 bits per heavy atom. The van der Waals surface area contributed by atoms with Crippen LogP contribution in [0.3, 0.4) is 0 Å². The zero-order chi connectivity index (χ0) is 22.8. The zero-order valence-corrected chi connectivity index (χ0v) is 20.3. The fourth-order valence-electron chi connectivity index (χ4n) is 2.99. The van der Waals surface area contributed by atoms with Gasteiger partial charge < -0.3 is 29.4 Å². The van der Waals surface area contributed by atoms with Gasteiger partial charge in [-0.05, 0) is 31.2 Å². The first kappa shape index (κ1) is 26.1. The number of benzene rings is 1. The van der Waals surface area contributed by atoms with Crippen LogP contribution in [0.5, 0.6) is 5.75 Å². The van der Waals surface area contributed by atoms with E-state index in [0.717, 1.165) is 0 Å². The molecule has 0 saturated carbocycles. The van der Waals surface area contributed by atoms with Crippen LogP contribution >= 0.6 is 0 Å². The van der Waals surface area contributed by atoms with Gasteiger partial charge in [0.1, 0.15) is 11.3 Å². The second-order valence-corrected chi connectivity index (χ2v) is 6.63. The Kier molecular flexibility index (Phi) is 8.71. The summed E-state index contributed by atoms with van der Waals surface area (Å²) in [6, 6.07) is 4.92. The summed E-state index contributed by atoms with van der Waals surface area (Å²) in [6.45, 7) is 2.21. The summed E-state index contributed by atoms with van der Waals surface area (Å²) in [5, 5.41) is 26.4. The van der Waals surface area contributed by atoms with Crippen LogP contribution < -0.4 is 61.8 Å². The van der Waals surface area contributed by atoms with E-state index < -0.39 is 47.9 Å². The smallest absolute Gasteiger partial charge is 0.545 e. The molecule has 0 radical (unpaired) electrons. The van der Waals surface area contributed by atoms with E-state index in [0.29, 0.717) is 6.54 Å². The molecule has 1 amide bonds. The van der Waals surface area contributed by atoms with Crippen LogP contribution in [0.1, 0.15) is 35.0 Å². The van der Waals surface area contributed by atoms with Crippen molar-refractivity contribution in [3.63, 3.8) is 0 Å². The van der Waals surface area contributed by atoms with Crippen molar-refractivity contribution in [2.45, 2.75) is 32.5 Å². The number of hydrogen-bond acceptors (Lipinski definition) is 6. The van der Waals surface area contributed by atoms with Crippen molar-refractivity contribution in [1.82, 2.24) is 9.72 Å². The molecule has 8 nitrogen and oxygen atoms in total. The number of amides is 1. The van der Waals surface area contributed by atoms with Gasteiger partial charge in [-0.15, -0.1) is 0 Å². The molecule has 2 aromatic heterocycles. The molecular formula is C20H17F3KN3O5. The number of aromatic nitrogens is 2. The normalized spacial score (nSPS) is 11.1. The third-order valence-corrected chi connectivity index (χ3v) is 4.50. The van der Waals surface area contributed by atoms with Crippen LogP contribution in [0, 0.1) is 0 Å². The summed E-state index contributed by atoms with van der Waals surface area (Å²) in [5.74, 6) is -2.83. The Labute approximate surface area is 222 Å². The van der Waals surface area contributed by atoms with Gasteiger partial charge in [0.25, 0.3) is 0 Å². The van der Waals surface area contributed by atoms with E-state index in [4.69, 9.17) is 4.52 Å². The SMILES string of the molecule is CCn1cc(NC(=O)CCc2noc(-c3ccc(O)cc3)c2C(F)(F)F)c(C(=O)[O-])c1.[K+]. The molecule has 3 rings (SSSR count). The number of aromatic hydroxyl groups is 1. The maximum absolute atomic E-state index is 13.6. The number of rotatable bonds is 7. The fraction of sp³-hybridized carbons (Fsp3) is 0.250. The van der Waals surface area contributed by atoms with Crippen molar-refractivity contribution in [2.75, 3.05) is 5.32 Å². The number of hydrogen-bond donors (Lipinski definition) is 2. The van der Waals surface area contributed by atoms with E-state index in [2.05, 4.69) is 10.5 Å². The molecule has 0 fully saturated rings. The van der Waals surface area contributed by atoms with E-state index in [-0.39, 0.29) is 73.9 Å². The van der Waals surface area contributed by atoms with E-state index in [1.807, 2.05) is 0 Å². The summed E-state index contributed by atoms with van der Waals surface area (Å²) in [7, 11) is 0. The van der Waals surface area contributed by atoms with Crippen molar-refractivity contribution < 1.29 is 88.9 Å². The van der Waals surface area contributed by atoms with E-state index >= 15 is 0 Å². The largest absolute Gasteiger partial charge is 1.00 e. The van der Waals surface area contributed by atoms with Crippen LogP contribution in [-0.2, 0) is 23.9 Å². The molecule has 0 atom stereocenters. The van der Waals surface area contributed by atoms with Gasteiger partial charge in [0.05, 0.1) is 17.4 Å². The topological polar surface area (TPSA) is 120 Å². The number of aromatic carboxylic acids is 1. The number of alkyl halides is 3. The Morgan fingerprint density at radius 1 is 1.22 bits per heavy atom. The number of nitrogens with zero attached hydrogens (tertiary/aromatic N) is 2. The number of phenolic OH excluding ortho intramolecular Hbond substituents is 1. The first-order valence-electron chi connectivity index (χ1n) is 9.16. The van der Waals surface area contributed by atoms with Crippen molar-refractivity contribution in [3.05, 3.63) is 53.5 Å². The van der Waals surface area contributed by atoms with Crippen LogP contribution in [-0.4, -0.2) is 26.7 Å².